The third kappa shape index (κ3) is 3.49. The van der Waals surface area contributed by atoms with Crippen LogP contribution in [0.3, 0.4) is 0 Å². The van der Waals surface area contributed by atoms with Gasteiger partial charge in [0.15, 0.2) is 0 Å². The lowest BCUT2D eigenvalue weighted by molar-refractivity contribution is 0.605. The van der Waals surface area contributed by atoms with Crippen LogP contribution in [0.25, 0.3) is 0 Å². The van der Waals surface area contributed by atoms with Crippen molar-refractivity contribution in [2.75, 3.05) is 5.32 Å². The molecule has 0 amide bonds. The SMILES string of the molecule is CC(C#N)(Cc1ccc(Cl)cc1)Nc1ccccc1F. The van der Waals surface area contributed by atoms with Crippen molar-refractivity contribution in [1.82, 2.24) is 0 Å². The van der Waals surface area contributed by atoms with Gasteiger partial charge >= 0.3 is 0 Å². The largest absolute Gasteiger partial charge is 0.365 e. The van der Waals surface area contributed by atoms with E-state index in [1.54, 1.807) is 37.3 Å². The van der Waals surface area contributed by atoms with Gasteiger partial charge in [-0.2, -0.15) is 5.26 Å². The number of nitriles is 1. The zero-order chi connectivity index (χ0) is 14.6. The first kappa shape index (κ1) is 14.4. The zero-order valence-corrected chi connectivity index (χ0v) is 11.8. The van der Waals surface area contributed by atoms with Crippen LogP contribution in [0.4, 0.5) is 10.1 Å². The van der Waals surface area contributed by atoms with Gasteiger partial charge in [0.05, 0.1) is 11.8 Å². The number of benzene rings is 2. The number of hydrogen-bond acceptors (Lipinski definition) is 2. The van der Waals surface area contributed by atoms with Gasteiger partial charge in [0.2, 0.25) is 0 Å². The first-order chi connectivity index (χ1) is 9.52. The minimum Gasteiger partial charge on any atom is -0.365 e. The minimum absolute atomic E-state index is 0.325. The zero-order valence-electron chi connectivity index (χ0n) is 11.0. The molecular weight excluding hydrogens is 275 g/mol. The average Bonchev–Trinajstić information content (AvgIpc) is 2.44. The van der Waals surface area contributed by atoms with Crippen molar-refractivity contribution in [3.05, 3.63) is 64.9 Å². The molecule has 2 aromatic rings. The van der Waals surface area contributed by atoms with E-state index in [0.717, 1.165) is 5.56 Å². The van der Waals surface area contributed by atoms with E-state index in [1.165, 1.54) is 6.07 Å². The summed E-state index contributed by atoms with van der Waals surface area (Å²) in [6.07, 6.45) is 0.453. The summed E-state index contributed by atoms with van der Waals surface area (Å²) < 4.78 is 13.7. The van der Waals surface area contributed by atoms with Gasteiger partial charge in [-0.15, -0.1) is 0 Å². The van der Waals surface area contributed by atoms with Gasteiger partial charge in [-0.1, -0.05) is 35.9 Å². The molecule has 0 bridgehead atoms. The lowest BCUT2D eigenvalue weighted by Crippen LogP contribution is -2.35. The van der Waals surface area contributed by atoms with Gasteiger partial charge in [0.25, 0.3) is 0 Å². The van der Waals surface area contributed by atoms with E-state index in [2.05, 4.69) is 11.4 Å². The molecule has 0 aliphatic carbocycles. The summed E-state index contributed by atoms with van der Waals surface area (Å²) in [4.78, 5) is 0. The van der Waals surface area contributed by atoms with Gasteiger partial charge in [0.1, 0.15) is 11.4 Å². The Balaban J connectivity index is 2.19. The van der Waals surface area contributed by atoms with Crippen molar-refractivity contribution in [3.63, 3.8) is 0 Å². The molecule has 0 spiro atoms. The first-order valence-electron chi connectivity index (χ1n) is 6.21. The van der Waals surface area contributed by atoms with Crippen LogP contribution in [0.1, 0.15) is 12.5 Å². The molecular formula is C16H14ClFN2. The van der Waals surface area contributed by atoms with Gasteiger partial charge in [-0.25, -0.2) is 4.39 Å². The van der Waals surface area contributed by atoms with Crippen LogP contribution in [0.5, 0.6) is 0 Å². The van der Waals surface area contributed by atoms with E-state index in [0.29, 0.717) is 17.1 Å². The molecule has 1 unspecified atom stereocenters. The molecule has 0 saturated carbocycles. The highest BCUT2D eigenvalue weighted by Crippen LogP contribution is 2.22. The van der Waals surface area contributed by atoms with Gasteiger partial charge in [-0.3, -0.25) is 0 Å². The minimum atomic E-state index is -0.893. The molecule has 0 radical (unpaired) electrons. The summed E-state index contributed by atoms with van der Waals surface area (Å²) >= 11 is 5.84. The van der Waals surface area contributed by atoms with Crippen molar-refractivity contribution in [2.45, 2.75) is 18.9 Å². The van der Waals surface area contributed by atoms with E-state index in [1.807, 2.05) is 12.1 Å². The van der Waals surface area contributed by atoms with Crippen LogP contribution in [-0.4, -0.2) is 5.54 Å². The first-order valence-corrected chi connectivity index (χ1v) is 6.59. The summed E-state index contributed by atoms with van der Waals surface area (Å²) in [5.74, 6) is -0.370. The van der Waals surface area contributed by atoms with Crippen LogP contribution in [0.2, 0.25) is 5.02 Å². The van der Waals surface area contributed by atoms with Crippen LogP contribution in [0, 0.1) is 17.1 Å². The van der Waals surface area contributed by atoms with Crippen molar-refractivity contribution in [2.24, 2.45) is 0 Å². The highest BCUT2D eigenvalue weighted by molar-refractivity contribution is 6.30. The Kier molecular flexibility index (Phi) is 4.26. The fourth-order valence-corrected chi connectivity index (χ4v) is 2.11. The van der Waals surface area contributed by atoms with E-state index >= 15 is 0 Å². The molecule has 2 nitrogen and oxygen atoms in total. The third-order valence-electron chi connectivity index (χ3n) is 3.00. The lowest BCUT2D eigenvalue weighted by atomic mass is 9.94. The van der Waals surface area contributed by atoms with E-state index in [9.17, 15) is 9.65 Å². The Hall–Kier alpha value is -2.05. The van der Waals surface area contributed by atoms with Crippen molar-refractivity contribution >= 4 is 17.3 Å². The monoisotopic (exact) mass is 288 g/mol. The predicted molar refractivity (Wildman–Crippen MR) is 79.2 cm³/mol. The maximum atomic E-state index is 13.7. The second kappa shape index (κ2) is 5.94. The third-order valence-corrected chi connectivity index (χ3v) is 3.25. The fourth-order valence-electron chi connectivity index (χ4n) is 1.98. The molecule has 1 atom stereocenters. The number of nitrogens with one attached hydrogen (secondary N) is 1. The molecule has 0 aliphatic rings. The molecule has 2 rings (SSSR count). The summed E-state index contributed by atoms with van der Waals surface area (Å²) in [6.45, 7) is 1.74. The Bertz CT molecular complexity index is 634. The average molecular weight is 289 g/mol. The van der Waals surface area contributed by atoms with Crippen LogP contribution < -0.4 is 5.32 Å². The Morgan fingerprint density at radius 1 is 1.20 bits per heavy atom. The van der Waals surface area contributed by atoms with Crippen molar-refractivity contribution in [3.8, 4) is 6.07 Å². The summed E-state index contributed by atoms with van der Waals surface area (Å²) in [6, 6.07) is 15.8. The molecule has 4 heteroatoms. The van der Waals surface area contributed by atoms with Crippen molar-refractivity contribution < 1.29 is 4.39 Å². The second-order valence-electron chi connectivity index (χ2n) is 4.85. The molecule has 2 aromatic carbocycles. The molecule has 0 fully saturated rings. The van der Waals surface area contributed by atoms with E-state index in [4.69, 9.17) is 11.6 Å². The topological polar surface area (TPSA) is 35.8 Å². The number of rotatable bonds is 4. The summed E-state index contributed by atoms with van der Waals surface area (Å²) in [7, 11) is 0. The number of para-hydroxylation sites is 1. The van der Waals surface area contributed by atoms with Gasteiger partial charge in [-0.05, 0) is 36.8 Å². The van der Waals surface area contributed by atoms with Crippen molar-refractivity contribution in [1.29, 1.82) is 5.26 Å². The number of nitrogens with zero attached hydrogens (tertiary/aromatic N) is 1. The smallest absolute Gasteiger partial charge is 0.146 e. The fraction of sp³-hybridized carbons (Fsp3) is 0.188. The molecule has 102 valence electrons. The van der Waals surface area contributed by atoms with Crippen LogP contribution in [0.15, 0.2) is 48.5 Å². The van der Waals surface area contributed by atoms with Crippen LogP contribution in [-0.2, 0) is 6.42 Å². The Labute approximate surface area is 122 Å². The summed E-state index contributed by atoms with van der Waals surface area (Å²) in [5.41, 5.74) is 0.392. The van der Waals surface area contributed by atoms with Gasteiger partial charge in [0, 0.05) is 11.4 Å². The quantitative estimate of drug-likeness (QED) is 0.904. The van der Waals surface area contributed by atoms with E-state index < -0.39 is 5.54 Å². The number of halogens is 2. The summed E-state index contributed by atoms with van der Waals surface area (Å²) in [5, 5.41) is 13.0. The molecule has 0 aliphatic heterocycles. The standard InChI is InChI=1S/C16H14ClFN2/c1-16(11-19,10-12-6-8-13(17)9-7-12)20-15-5-3-2-4-14(15)18/h2-9,20H,10H2,1H3. The lowest BCUT2D eigenvalue weighted by Gasteiger charge is -2.25. The number of hydrogen-bond donors (Lipinski definition) is 1. The second-order valence-corrected chi connectivity index (χ2v) is 5.29. The van der Waals surface area contributed by atoms with Crippen LogP contribution >= 0.6 is 11.6 Å². The Morgan fingerprint density at radius 2 is 1.85 bits per heavy atom. The molecule has 0 aromatic heterocycles. The molecule has 20 heavy (non-hydrogen) atoms. The Morgan fingerprint density at radius 3 is 2.45 bits per heavy atom. The van der Waals surface area contributed by atoms with E-state index in [-0.39, 0.29) is 5.82 Å². The van der Waals surface area contributed by atoms with Gasteiger partial charge < -0.3 is 5.32 Å². The molecule has 1 N–H and O–H groups in total. The maximum absolute atomic E-state index is 13.7. The number of anilines is 1. The predicted octanol–water partition coefficient (Wildman–Crippen LogP) is 4.42. The normalized spacial score (nSPS) is 13.3. The molecule has 0 heterocycles. The maximum Gasteiger partial charge on any atom is 0.146 e. The molecule has 0 saturated heterocycles. The highest BCUT2D eigenvalue weighted by Gasteiger charge is 2.25. The highest BCUT2D eigenvalue weighted by atomic mass is 35.5.